The molecule has 0 saturated carbocycles. The molecule has 1 fully saturated rings. The third-order valence-corrected chi connectivity index (χ3v) is 11.1. The zero-order valence-corrected chi connectivity index (χ0v) is 34.6. The summed E-state index contributed by atoms with van der Waals surface area (Å²) in [5.74, 6) is -1.67. The molecule has 0 radical (unpaired) electrons. The molecule has 2 aromatic rings. The zero-order valence-electron chi connectivity index (χ0n) is 33.8. The number of carbonyl (C=O) groups excluding carboxylic acids is 5. The summed E-state index contributed by atoms with van der Waals surface area (Å²) in [5, 5.41) is 8.24. The van der Waals surface area contributed by atoms with Crippen molar-refractivity contribution in [3.8, 4) is 0 Å². The largest absolute Gasteiger partial charge is 0.466 e. The molecule has 300 valence electrons. The van der Waals surface area contributed by atoms with Gasteiger partial charge in [-0.15, -0.1) is 11.3 Å². The van der Waals surface area contributed by atoms with Crippen LogP contribution in [0.2, 0.25) is 0 Å². The molecule has 0 spiro atoms. The van der Waals surface area contributed by atoms with Gasteiger partial charge < -0.3 is 25.0 Å². The average molecular weight is 770 g/mol. The molecule has 1 aromatic heterocycles. The van der Waals surface area contributed by atoms with Gasteiger partial charge in [0, 0.05) is 37.9 Å². The lowest BCUT2D eigenvalue weighted by molar-refractivity contribution is -0.149. The van der Waals surface area contributed by atoms with Crippen LogP contribution in [-0.2, 0) is 35.1 Å². The van der Waals surface area contributed by atoms with Gasteiger partial charge in [0.1, 0.15) is 16.7 Å². The second-order valence-corrected chi connectivity index (χ2v) is 16.3. The number of likely N-dealkylation sites (tertiary alicyclic amines) is 1. The van der Waals surface area contributed by atoms with E-state index in [4.69, 9.17) is 9.47 Å². The molecule has 54 heavy (non-hydrogen) atoms. The van der Waals surface area contributed by atoms with Gasteiger partial charge in [-0.2, -0.15) is 0 Å². The first kappa shape index (κ1) is 44.6. The SMILES string of the molecule is CCOC(=O)[C@@H](C)C[C@H](Cc1ccccc1)NC(=O)c1csc([C@@H](CC(C(C)C)N(C)C(=O)[C@H](CCC(C)C)NC(=O)[C@H]2CCCCN2C)OC(C)=O)n1. The molecule has 1 aliphatic heterocycles. The lowest BCUT2D eigenvalue weighted by atomic mass is 9.94. The molecule has 3 rings (SSSR count). The summed E-state index contributed by atoms with van der Waals surface area (Å²) in [6.45, 7) is 14.2. The molecule has 12 nitrogen and oxygen atoms in total. The van der Waals surface area contributed by atoms with E-state index >= 15 is 0 Å². The predicted molar refractivity (Wildman–Crippen MR) is 211 cm³/mol. The number of piperidine rings is 1. The smallest absolute Gasteiger partial charge is 0.308 e. The van der Waals surface area contributed by atoms with Crippen LogP contribution in [0.3, 0.4) is 0 Å². The van der Waals surface area contributed by atoms with Crippen molar-refractivity contribution in [3.05, 3.63) is 52.0 Å². The van der Waals surface area contributed by atoms with E-state index in [9.17, 15) is 24.0 Å². The first-order valence-electron chi connectivity index (χ1n) is 19.5. The fraction of sp³-hybridized carbons (Fsp3) is 0.659. The average Bonchev–Trinajstić information content (AvgIpc) is 3.62. The zero-order chi connectivity index (χ0) is 39.9. The number of benzene rings is 1. The van der Waals surface area contributed by atoms with Crippen LogP contribution in [0.1, 0.15) is 121 Å². The van der Waals surface area contributed by atoms with Gasteiger partial charge in [-0.3, -0.25) is 28.9 Å². The van der Waals surface area contributed by atoms with Gasteiger partial charge in [0.25, 0.3) is 5.91 Å². The van der Waals surface area contributed by atoms with Crippen LogP contribution in [0.25, 0.3) is 0 Å². The van der Waals surface area contributed by atoms with Gasteiger partial charge in [0.2, 0.25) is 11.8 Å². The Bertz CT molecular complexity index is 1520. The second kappa shape index (κ2) is 21.9. The van der Waals surface area contributed by atoms with Gasteiger partial charge in [0.05, 0.1) is 18.6 Å². The molecule has 13 heteroatoms. The summed E-state index contributed by atoms with van der Waals surface area (Å²) in [4.78, 5) is 74.6. The van der Waals surface area contributed by atoms with Crippen molar-refractivity contribution in [2.75, 3.05) is 27.2 Å². The Balaban J connectivity index is 1.81. The lowest BCUT2D eigenvalue weighted by Gasteiger charge is -2.37. The number of rotatable bonds is 20. The fourth-order valence-electron chi connectivity index (χ4n) is 7.04. The van der Waals surface area contributed by atoms with E-state index in [2.05, 4.69) is 34.4 Å². The van der Waals surface area contributed by atoms with Crippen molar-refractivity contribution in [2.24, 2.45) is 17.8 Å². The molecule has 2 N–H and O–H groups in total. The van der Waals surface area contributed by atoms with Gasteiger partial charge in [-0.1, -0.05) is 71.4 Å². The second-order valence-electron chi connectivity index (χ2n) is 15.4. The Labute approximate surface area is 326 Å². The van der Waals surface area contributed by atoms with Crippen LogP contribution in [0.5, 0.6) is 0 Å². The summed E-state index contributed by atoms with van der Waals surface area (Å²) in [6.07, 6.45) is 4.38. The number of thiazole rings is 1. The van der Waals surface area contributed by atoms with Crippen LogP contribution in [-0.4, -0.2) is 95.9 Å². The summed E-state index contributed by atoms with van der Waals surface area (Å²) < 4.78 is 11.0. The maximum atomic E-state index is 14.2. The normalized spacial score (nSPS) is 17.6. The minimum Gasteiger partial charge on any atom is -0.466 e. The Morgan fingerprint density at radius 2 is 1.70 bits per heavy atom. The Kier molecular flexibility index (Phi) is 18.1. The minimum absolute atomic E-state index is 0.0363. The van der Waals surface area contributed by atoms with Crippen molar-refractivity contribution >= 4 is 41.0 Å². The van der Waals surface area contributed by atoms with Gasteiger partial charge in [-0.05, 0) is 76.4 Å². The van der Waals surface area contributed by atoms with Crippen molar-refractivity contribution < 1.29 is 33.4 Å². The van der Waals surface area contributed by atoms with Crippen LogP contribution < -0.4 is 10.6 Å². The van der Waals surface area contributed by atoms with E-state index in [0.29, 0.717) is 30.2 Å². The minimum atomic E-state index is -0.819. The highest BCUT2D eigenvalue weighted by atomic mass is 32.1. The first-order valence-corrected chi connectivity index (χ1v) is 20.4. The number of esters is 2. The number of nitrogens with zero attached hydrogens (tertiary/aromatic N) is 3. The maximum Gasteiger partial charge on any atom is 0.308 e. The summed E-state index contributed by atoms with van der Waals surface area (Å²) in [5.41, 5.74) is 1.18. The summed E-state index contributed by atoms with van der Waals surface area (Å²) in [6, 6.07) is 8.02. The molecule has 2 heterocycles. The quantitative estimate of drug-likeness (QED) is 0.156. The summed E-state index contributed by atoms with van der Waals surface area (Å²) in [7, 11) is 3.69. The number of nitrogens with one attached hydrogen (secondary N) is 2. The highest BCUT2D eigenvalue weighted by Gasteiger charge is 2.36. The van der Waals surface area contributed by atoms with E-state index in [1.54, 1.807) is 31.2 Å². The standard InChI is InChI=1S/C41H63N5O7S/c1-10-52-41(51)28(6)22-31(23-30-16-12-11-13-17-30)42-37(48)33-25-54-39(44-33)36(53-29(7)47)24-35(27(4)5)46(9)40(50)32(20-19-26(2)3)43-38(49)34-18-14-15-21-45(34)8/h11-13,16-17,25-28,31-32,34-36H,10,14-15,18-24H2,1-9H3,(H,42,48)(H,43,49)/t28-,31+,32-,34+,35?,36+/m0/s1. The number of aromatic nitrogens is 1. The van der Waals surface area contributed by atoms with Crippen molar-refractivity contribution in [3.63, 3.8) is 0 Å². The van der Waals surface area contributed by atoms with Crippen molar-refractivity contribution in [2.45, 2.75) is 130 Å². The van der Waals surface area contributed by atoms with E-state index < -0.39 is 29.9 Å². The molecular formula is C41H63N5O7S. The Hall–Kier alpha value is -3.84. The number of carbonyl (C=O) groups is 5. The van der Waals surface area contributed by atoms with Crippen molar-refractivity contribution in [1.82, 2.24) is 25.4 Å². The highest BCUT2D eigenvalue weighted by molar-refractivity contribution is 7.09. The maximum absolute atomic E-state index is 14.2. The number of hydrogen-bond donors (Lipinski definition) is 2. The molecule has 1 unspecified atom stereocenters. The van der Waals surface area contributed by atoms with E-state index in [1.807, 2.05) is 51.2 Å². The third kappa shape index (κ3) is 13.8. The van der Waals surface area contributed by atoms with Crippen LogP contribution in [0, 0.1) is 17.8 Å². The molecule has 0 aliphatic carbocycles. The fourth-order valence-corrected chi connectivity index (χ4v) is 7.88. The first-order chi connectivity index (χ1) is 25.6. The van der Waals surface area contributed by atoms with Gasteiger partial charge >= 0.3 is 11.9 Å². The number of ether oxygens (including phenoxy) is 2. The summed E-state index contributed by atoms with van der Waals surface area (Å²) >= 11 is 1.21. The molecule has 1 saturated heterocycles. The lowest BCUT2D eigenvalue weighted by Crippen LogP contribution is -2.56. The molecule has 1 aliphatic rings. The molecule has 1 aromatic carbocycles. The Morgan fingerprint density at radius 1 is 1.00 bits per heavy atom. The highest BCUT2D eigenvalue weighted by Crippen LogP contribution is 2.31. The van der Waals surface area contributed by atoms with Crippen LogP contribution in [0.4, 0.5) is 0 Å². The number of amides is 3. The van der Waals surface area contributed by atoms with Gasteiger partial charge in [0.15, 0.2) is 6.10 Å². The number of hydrogen-bond acceptors (Lipinski definition) is 10. The monoisotopic (exact) mass is 769 g/mol. The molecule has 0 bridgehead atoms. The predicted octanol–water partition coefficient (Wildman–Crippen LogP) is 5.96. The number of likely N-dealkylation sites (N-methyl/N-ethyl adjacent to an activating group) is 2. The van der Waals surface area contributed by atoms with E-state index in [1.165, 1.54) is 18.3 Å². The molecule has 6 atom stereocenters. The third-order valence-electron chi connectivity index (χ3n) is 10.1. The van der Waals surface area contributed by atoms with Gasteiger partial charge in [-0.25, -0.2) is 4.98 Å². The molecular weight excluding hydrogens is 707 g/mol. The Morgan fingerprint density at radius 3 is 2.31 bits per heavy atom. The van der Waals surface area contributed by atoms with Crippen LogP contribution in [0.15, 0.2) is 35.7 Å². The van der Waals surface area contributed by atoms with Crippen molar-refractivity contribution in [1.29, 1.82) is 0 Å². The molecule has 3 amide bonds. The topological polar surface area (TPSA) is 147 Å². The van der Waals surface area contributed by atoms with E-state index in [0.717, 1.165) is 37.8 Å². The van der Waals surface area contributed by atoms with E-state index in [-0.39, 0.29) is 60.5 Å². The van der Waals surface area contributed by atoms with Crippen LogP contribution >= 0.6 is 11.3 Å².